The molecule has 0 saturated heterocycles. The van der Waals surface area contributed by atoms with Crippen LogP contribution in [0.2, 0.25) is 0 Å². The molecule has 1 rings (SSSR count). The highest BCUT2D eigenvalue weighted by molar-refractivity contribution is 8.04. The monoisotopic (exact) mass is 350 g/mol. The number of amides is 1. The van der Waals surface area contributed by atoms with Crippen LogP contribution >= 0.6 is 19.4 Å². The third-order valence-electron chi connectivity index (χ3n) is 3.41. The van der Waals surface area contributed by atoms with E-state index in [-0.39, 0.29) is 28.4 Å². The van der Waals surface area contributed by atoms with Crippen LogP contribution in [0.4, 0.5) is 0 Å². The minimum atomic E-state index is -4.24. The Labute approximate surface area is 133 Å². The Bertz CT molecular complexity index is 513. The second-order valence-electron chi connectivity index (χ2n) is 5.97. The fourth-order valence-electron chi connectivity index (χ4n) is 1.94. The van der Waals surface area contributed by atoms with Crippen LogP contribution in [0.5, 0.6) is 0 Å². The number of unbranched alkanes of at least 4 members (excludes halogenated alkanes) is 1. The van der Waals surface area contributed by atoms with Gasteiger partial charge < -0.3 is 24.8 Å². The van der Waals surface area contributed by atoms with Gasteiger partial charge in [0.15, 0.2) is 0 Å². The minimum Gasteiger partial charge on any atom is -0.778 e. The predicted octanol–water partition coefficient (Wildman–Crippen LogP) is 1.13. The van der Waals surface area contributed by atoms with Gasteiger partial charge >= 0.3 is 5.97 Å². The number of carboxylic acids is 1. The summed E-state index contributed by atoms with van der Waals surface area (Å²) < 4.78 is 10.5. The minimum absolute atomic E-state index is 0.0686. The van der Waals surface area contributed by atoms with Gasteiger partial charge in [-0.1, -0.05) is 19.9 Å². The van der Waals surface area contributed by atoms with Crippen LogP contribution in [0.25, 0.3) is 0 Å². The molecule has 2 atom stereocenters. The molecule has 2 unspecified atom stereocenters. The van der Waals surface area contributed by atoms with Gasteiger partial charge in [-0.2, -0.15) is 11.8 Å². The molecule has 1 amide bonds. The lowest BCUT2D eigenvalue weighted by molar-refractivity contribution is -0.191. The first-order valence-electron chi connectivity index (χ1n) is 6.88. The molecule has 0 aromatic rings. The lowest BCUT2D eigenvalue weighted by atomic mass is 10.1. The van der Waals surface area contributed by atoms with Crippen LogP contribution in [0.3, 0.4) is 0 Å². The summed E-state index contributed by atoms with van der Waals surface area (Å²) in [4.78, 5) is 42.1. The van der Waals surface area contributed by atoms with Gasteiger partial charge in [0, 0.05) is 5.92 Å². The second-order valence-corrected chi connectivity index (χ2v) is 9.10. The molecule has 1 saturated carbocycles. The molecule has 0 aromatic heterocycles. The van der Waals surface area contributed by atoms with Gasteiger partial charge in [-0.15, -0.1) is 0 Å². The van der Waals surface area contributed by atoms with Gasteiger partial charge in [-0.05, 0) is 30.4 Å². The Kier molecular flexibility index (Phi) is 6.67. The molecule has 1 aliphatic carbocycles. The fraction of sp³-hybridized carbons (Fsp3) is 0.692. The van der Waals surface area contributed by atoms with Crippen molar-refractivity contribution in [2.45, 2.75) is 33.1 Å². The van der Waals surface area contributed by atoms with E-state index in [1.165, 1.54) is 6.08 Å². The Morgan fingerprint density at radius 3 is 2.55 bits per heavy atom. The van der Waals surface area contributed by atoms with Crippen molar-refractivity contribution in [2.75, 3.05) is 11.2 Å². The summed E-state index contributed by atoms with van der Waals surface area (Å²) in [6, 6.07) is 0. The largest absolute Gasteiger partial charge is 0.778 e. The molecule has 7 nitrogen and oxygen atoms in total. The summed E-state index contributed by atoms with van der Waals surface area (Å²) in [5.74, 6) is -1.15. The van der Waals surface area contributed by atoms with Crippen LogP contribution in [-0.4, -0.2) is 33.1 Å². The summed E-state index contributed by atoms with van der Waals surface area (Å²) in [6.45, 7) is 3.91. The zero-order valence-electron chi connectivity index (χ0n) is 12.6. The van der Waals surface area contributed by atoms with Crippen LogP contribution in [0, 0.1) is 11.3 Å². The second kappa shape index (κ2) is 7.64. The average Bonchev–Trinajstić information content (AvgIpc) is 2.99. The Morgan fingerprint density at radius 1 is 1.50 bits per heavy atom. The molecular formula is C13H21NO6PS-. The van der Waals surface area contributed by atoms with Crippen LogP contribution in [0.15, 0.2) is 11.8 Å². The van der Waals surface area contributed by atoms with Crippen molar-refractivity contribution >= 4 is 31.2 Å². The molecule has 0 aromatic carbocycles. The van der Waals surface area contributed by atoms with Gasteiger partial charge in [0.05, 0.1) is 5.49 Å². The zero-order valence-corrected chi connectivity index (χ0v) is 14.3. The molecule has 0 bridgehead atoms. The maximum Gasteiger partial charge on any atom is 0.352 e. The maximum absolute atomic E-state index is 11.9. The summed E-state index contributed by atoms with van der Waals surface area (Å²) >= 11 is 1.06. The topological polar surface area (TPSA) is 127 Å². The number of hydrogen-bond acceptors (Lipinski definition) is 5. The molecule has 22 heavy (non-hydrogen) atoms. The van der Waals surface area contributed by atoms with Gasteiger partial charge in [-0.25, -0.2) is 4.79 Å². The Balaban J connectivity index is 2.35. The molecule has 0 radical (unpaired) electrons. The third kappa shape index (κ3) is 6.96. The van der Waals surface area contributed by atoms with Crippen molar-refractivity contribution in [3.8, 4) is 0 Å². The third-order valence-corrected chi connectivity index (χ3v) is 6.03. The van der Waals surface area contributed by atoms with Gasteiger partial charge in [0.25, 0.3) is 0 Å². The van der Waals surface area contributed by atoms with E-state index in [2.05, 4.69) is 5.32 Å². The molecule has 0 heterocycles. The first-order chi connectivity index (χ1) is 10.0. The summed E-state index contributed by atoms with van der Waals surface area (Å²) in [5.41, 5.74) is -0.564. The average molecular weight is 350 g/mol. The van der Waals surface area contributed by atoms with E-state index in [4.69, 9.17) is 10.00 Å². The molecule has 9 heteroatoms. The van der Waals surface area contributed by atoms with E-state index in [0.717, 1.165) is 18.2 Å². The normalized spacial score (nSPS) is 22.7. The highest BCUT2D eigenvalue weighted by atomic mass is 32.2. The fourth-order valence-corrected chi connectivity index (χ4v) is 3.75. The smallest absolute Gasteiger partial charge is 0.352 e. The lowest BCUT2D eigenvalue weighted by Crippen LogP contribution is -2.29. The van der Waals surface area contributed by atoms with Gasteiger partial charge in [-0.3, -0.25) is 4.79 Å². The predicted molar refractivity (Wildman–Crippen MR) is 82.1 cm³/mol. The van der Waals surface area contributed by atoms with Gasteiger partial charge in [0.2, 0.25) is 5.91 Å². The molecule has 3 N–H and O–H groups in total. The van der Waals surface area contributed by atoms with E-state index < -0.39 is 13.6 Å². The van der Waals surface area contributed by atoms with E-state index in [1.807, 2.05) is 13.8 Å². The number of carbonyl (C=O) groups excluding carboxylic acids is 1. The SMILES string of the molecule is CC1(C)CC1C(=O)N/C(=C\CCCSCP(=O)([O-])O)C(=O)O. The number of allylic oxidation sites excluding steroid dienone is 1. The van der Waals surface area contributed by atoms with Crippen molar-refractivity contribution in [3.05, 3.63) is 11.8 Å². The lowest BCUT2D eigenvalue weighted by Gasteiger charge is -2.14. The van der Waals surface area contributed by atoms with Crippen molar-refractivity contribution in [3.63, 3.8) is 0 Å². The molecule has 1 aliphatic rings. The van der Waals surface area contributed by atoms with Crippen molar-refractivity contribution < 1.29 is 29.0 Å². The van der Waals surface area contributed by atoms with Crippen LogP contribution < -0.4 is 10.2 Å². The van der Waals surface area contributed by atoms with Crippen molar-refractivity contribution in [1.82, 2.24) is 5.32 Å². The number of aliphatic carboxylic acids is 1. The molecule has 126 valence electrons. The van der Waals surface area contributed by atoms with Crippen molar-refractivity contribution in [1.29, 1.82) is 0 Å². The number of rotatable bonds is 9. The first-order valence-corrected chi connectivity index (χ1v) is 9.79. The maximum atomic E-state index is 11.9. The summed E-state index contributed by atoms with van der Waals surface area (Å²) in [7, 11) is -4.24. The first kappa shape index (κ1) is 19.2. The van der Waals surface area contributed by atoms with Crippen molar-refractivity contribution in [2.24, 2.45) is 11.3 Å². The molecule has 0 aliphatic heterocycles. The van der Waals surface area contributed by atoms with E-state index in [9.17, 15) is 19.0 Å². The number of nitrogens with one attached hydrogen (secondary N) is 1. The highest BCUT2D eigenvalue weighted by Gasteiger charge is 2.50. The quantitative estimate of drug-likeness (QED) is 0.323. The Morgan fingerprint density at radius 2 is 2.09 bits per heavy atom. The molecule has 1 fully saturated rings. The van der Waals surface area contributed by atoms with Crippen LogP contribution in [-0.2, 0) is 14.2 Å². The molecule has 0 spiro atoms. The summed E-state index contributed by atoms with van der Waals surface area (Å²) in [6.07, 6.45) is 3.12. The van der Waals surface area contributed by atoms with Gasteiger partial charge in [0.1, 0.15) is 13.3 Å². The Hall–Kier alpha value is -0.820. The number of thioether (sulfide) groups is 1. The zero-order chi connectivity index (χ0) is 17.0. The highest BCUT2D eigenvalue weighted by Crippen LogP contribution is 2.51. The van der Waals surface area contributed by atoms with E-state index in [1.54, 1.807) is 0 Å². The van der Waals surface area contributed by atoms with E-state index in [0.29, 0.717) is 18.6 Å². The number of carboxylic acid groups (broad SMARTS) is 1. The van der Waals surface area contributed by atoms with Crippen LogP contribution in [0.1, 0.15) is 33.1 Å². The van der Waals surface area contributed by atoms with E-state index >= 15 is 0 Å². The molecular weight excluding hydrogens is 329 g/mol. The number of carbonyl (C=O) groups is 2. The number of hydrogen-bond donors (Lipinski definition) is 3. The standard InChI is InChI=1S/C13H22NO6PS/c1-13(2)7-9(13)11(15)14-10(12(16)17)5-3-4-6-22-8-21(18,19)20/h5,9H,3-4,6-8H2,1-2H3,(H,14,15)(H,16,17)(H2,18,19,20)/p-1/b10-5-. The summed E-state index contributed by atoms with van der Waals surface area (Å²) in [5, 5.41) is 11.5.